The number of thiazole rings is 1. The van der Waals surface area contributed by atoms with E-state index in [1.165, 1.54) is 5.56 Å². The molecule has 3 rings (SSSR count). The van der Waals surface area contributed by atoms with Crippen molar-refractivity contribution in [2.45, 2.75) is 39.9 Å². The van der Waals surface area contributed by atoms with E-state index in [4.69, 9.17) is 4.52 Å². The molecule has 0 aliphatic rings. The van der Waals surface area contributed by atoms with Crippen molar-refractivity contribution in [3.63, 3.8) is 0 Å². The van der Waals surface area contributed by atoms with Crippen LogP contribution in [0.2, 0.25) is 0 Å². The van der Waals surface area contributed by atoms with E-state index < -0.39 is 0 Å². The van der Waals surface area contributed by atoms with Crippen LogP contribution in [0.4, 0.5) is 0 Å². The molecule has 7 heteroatoms. The van der Waals surface area contributed by atoms with Crippen LogP contribution < -0.4 is 5.32 Å². The van der Waals surface area contributed by atoms with Gasteiger partial charge in [-0.3, -0.25) is 9.69 Å². The molecule has 142 valence electrons. The summed E-state index contributed by atoms with van der Waals surface area (Å²) in [7, 11) is 2.00. The fourth-order valence-electron chi connectivity index (χ4n) is 3.00. The van der Waals surface area contributed by atoms with Crippen LogP contribution in [0, 0.1) is 13.8 Å². The van der Waals surface area contributed by atoms with Gasteiger partial charge in [-0.2, -0.15) is 0 Å². The molecule has 0 spiro atoms. The number of hydrogen-bond donors (Lipinski definition) is 1. The van der Waals surface area contributed by atoms with E-state index in [9.17, 15) is 4.79 Å². The number of nitrogens with zero attached hydrogens (tertiary/aromatic N) is 3. The Labute approximate surface area is 163 Å². The van der Waals surface area contributed by atoms with Crippen molar-refractivity contribution in [3.05, 3.63) is 69.0 Å². The Bertz CT molecular complexity index is 904. The topological polar surface area (TPSA) is 71.3 Å². The van der Waals surface area contributed by atoms with Gasteiger partial charge in [-0.05, 0) is 33.4 Å². The highest BCUT2D eigenvalue weighted by atomic mass is 32.1. The minimum atomic E-state index is -0.256. The Morgan fingerprint density at radius 3 is 2.67 bits per heavy atom. The summed E-state index contributed by atoms with van der Waals surface area (Å²) in [6, 6.07) is 11.7. The van der Waals surface area contributed by atoms with Gasteiger partial charge in [-0.1, -0.05) is 35.5 Å². The van der Waals surface area contributed by atoms with Crippen LogP contribution in [0.25, 0.3) is 0 Å². The molecule has 1 aromatic carbocycles. The zero-order valence-electron chi connectivity index (χ0n) is 16.0. The molecule has 2 heterocycles. The van der Waals surface area contributed by atoms with E-state index in [0.29, 0.717) is 12.3 Å². The Balaban J connectivity index is 1.58. The quantitative estimate of drug-likeness (QED) is 0.669. The summed E-state index contributed by atoms with van der Waals surface area (Å²) in [4.78, 5) is 20.2. The number of carbonyl (C=O) groups excluding carboxylic acids is 1. The summed E-state index contributed by atoms with van der Waals surface area (Å²) in [6.07, 6.45) is 0. The van der Waals surface area contributed by atoms with Crippen LogP contribution in [0.5, 0.6) is 0 Å². The normalized spacial score (nSPS) is 12.3. The highest BCUT2D eigenvalue weighted by Gasteiger charge is 2.19. The fraction of sp³-hybridized carbons (Fsp3) is 0.350. The molecule has 0 saturated heterocycles. The van der Waals surface area contributed by atoms with Crippen molar-refractivity contribution in [1.82, 2.24) is 20.4 Å². The third-order valence-corrected chi connectivity index (χ3v) is 5.11. The van der Waals surface area contributed by atoms with Crippen LogP contribution in [-0.4, -0.2) is 28.0 Å². The first kappa shape index (κ1) is 19.3. The first-order valence-corrected chi connectivity index (χ1v) is 9.67. The minimum absolute atomic E-state index is 0.177. The third kappa shape index (κ3) is 5.02. The van der Waals surface area contributed by atoms with Gasteiger partial charge in [-0.15, -0.1) is 11.3 Å². The summed E-state index contributed by atoms with van der Waals surface area (Å²) in [6.45, 7) is 7.27. The van der Waals surface area contributed by atoms with Gasteiger partial charge in [0, 0.05) is 17.5 Å². The molecule has 27 heavy (non-hydrogen) atoms. The van der Waals surface area contributed by atoms with Crippen molar-refractivity contribution in [3.8, 4) is 0 Å². The standard InChI is InChI=1S/C20H24N4O2S/c1-13(19-14(2)27-15(3)22-19)21-20(25)18-10-17(26-23-18)12-24(4)11-16-8-6-5-7-9-16/h5-10,13H,11-12H2,1-4H3,(H,21,25)/t13-/m0/s1. The molecule has 1 amide bonds. The summed E-state index contributed by atoms with van der Waals surface area (Å²) in [5, 5.41) is 7.86. The summed E-state index contributed by atoms with van der Waals surface area (Å²) < 4.78 is 5.34. The van der Waals surface area contributed by atoms with Crippen molar-refractivity contribution in [2.24, 2.45) is 0 Å². The molecule has 0 fully saturated rings. The predicted octanol–water partition coefficient (Wildman–Crippen LogP) is 3.87. The van der Waals surface area contributed by atoms with Crippen LogP contribution in [-0.2, 0) is 13.1 Å². The number of amides is 1. The van der Waals surface area contributed by atoms with Gasteiger partial charge < -0.3 is 9.84 Å². The third-order valence-electron chi connectivity index (χ3n) is 4.21. The average Bonchev–Trinajstić information content (AvgIpc) is 3.21. The molecule has 0 unspecified atom stereocenters. The Morgan fingerprint density at radius 2 is 2.00 bits per heavy atom. The second kappa shape index (κ2) is 8.45. The number of hydrogen-bond acceptors (Lipinski definition) is 6. The maximum Gasteiger partial charge on any atom is 0.274 e. The molecular formula is C20H24N4O2S. The average molecular weight is 385 g/mol. The lowest BCUT2D eigenvalue weighted by atomic mass is 10.2. The molecule has 0 aliphatic carbocycles. The second-order valence-corrected chi connectivity index (χ2v) is 8.11. The van der Waals surface area contributed by atoms with Crippen molar-refractivity contribution in [2.75, 3.05) is 7.05 Å². The number of rotatable bonds is 7. The van der Waals surface area contributed by atoms with Crippen molar-refractivity contribution < 1.29 is 9.32 Å². The number of aromatic nitrogens is 2. The summed E-state index contributed by atoms with van der Waals surface area (Å²) in [5.41, 5.74) is 2.41. The van der Waals surface area contributed by atoms with Crippen LogP contribution in [0.1, 0.15) is 50.4 Å². The number of carbonyl (C=O) groups is 1. The van der Waals surface area contributed by atoms with Gasteiger partial charge in [0.15, 0.2) is 11.5 Å². The molecular weight excluding hydrogens is 360 g/mol. The molecule has 1 N–H and O–H groups in total. The molecule has 0 aliphatic heterocycles. The van der Waals surface area contributed by atoms with Gasteiger partial charge in [-0.25, -0.2) is 4.98 Å². The summed E-state index contributed by atoms with van der Waals surface area (Å²) >= 11 is 1.63. The maximum absolute atomic E-state index is 12.5. The van der Waals surface area contributed by atoms with Gasteiger partial charge in [0.25, 0.3) is 5.91 Å². The number of benzene rings is 1. The highest BCUT2D eigenvalue weighted by molar-refractivity contribution is 7.11. The number of aryl methyl sites for hydroxylation is 2. The van der Waals surface area contributed by atoms with Crippen molar-refractivity contribution in [1.29, 1.82) is 0 Å². The lowest BCUT2D eigenvalue weighted by molar-refractivity contribution is 0.0930. The largest absolute Gasteiger partial charge is 0.359 e. The molecule has 6 nitrogen and oxygen atoms in total. The van der Waals surface area contributed by atoms with Gasteiger partial charge >= 0.3 is 0 Å². The van der Waals surface area contributed by atoms with Gasteiger partial charge in [0.1, 0.15) is 0 Å². The minimum Gasteiger partial charge on any atom is -0.359 e. The summed E-state index contributed by atoms with van der Waals surface area (Å²) in [5.74, 6) is 0.403. The molecule has 2 aromatic heterocycles. The van der Waals surface area contributed by atoms with E-state index in [2.05, 4.69) is 32.5 Å². The van der Waals surface area contributed by atoms with Gasteiger partial charge in [0.2, 0.25) is 0 Å². The number of nitrogens with one attached hydrogen (secondary N) is 1. The SMILES string of the molecule is Cc1nc([C@H](C)NC(=O)c2cc(CN(C)Cc3ccccc3)on2)c(C)s1. The molecule has 0 radical (unpaired) electrons. The molecule has 3 aromatic rings. The molecule has 1 atom stereocenters. The lowest BCUT2D eigenvalue weighted by Crippen LogP contribution is -2.27. The Morgan fingerprint density at radius 1 is 1.26 bits per heavy atom. The van der Waals surface area contributed by atoms with E-state index in [1.807, 2.05) is 46.0 Å². The molecule has 0 bridgehead atoms. The zero-order chi connectivity index (χ0) is 19.4. The highest BCUT2D eigenvalue weighted by Crippen LogP contribution is 2.22. The van der Waals surface area contributed by atoms with Gasteiger partial charge in [0.05, 0.1) is 23.3 Å². The van der Waals surface area contributed by atoms with E-state index in [1.54, 1.807) is 17.4 Å². The van der Waals surface area contributed by atoms with Crippen LogP contribution in [0.15, 0.2) is 40.9 Å². The Kier molecular flexibility index (Phi) is 6.03. The smallest absolute Gasteiger partial charge is 0.274 e. The second-order valence-electron chi connectivity index (χ2n) is 6.71. The van der Waals surface area contributed by atoms with E-state index >= 15 is 0 Å². The van der Waals surface area contributed by atoms with E-state index in [0.717, 1.165) is 22.1 Å². The monoisotopic (exact) mass is 384 g/mol. The van der Waals surface area contributed by atoms with Crippen LogP contribution in [0.3, 0.4) is 0 Å². The zero-order valence-corrected chi connectivity index (χ0v) is 16.8. The predicted molar refractivity (Wildman–Crippen MR) is 106 cm³/mol. The molecule has 0 saturated carbocycles. The first-order valence-electron chi connectivity index (χ1n) is 8.85. The van der Waals surface area contributed by atoms with Crippen molar-refractivity contribution >= 4 is 17.2 Å². The van der Waals surface area contributed by atoms with E-state index in [-0.39, 0.29) is 17.6 Å². The fourth-order valence-corrected chi connectivity index (χ4v) is 3.91. The maximum atomic E-state index is 12.5. The van der Waals surface area contributed by atoms with Crippen LogP contribution >= 0.6 is 11.3 Å². The first-order chi connectivity index (χ1) is 12.9. The Hall–Kier alpha value is -2.51. The lowest BCUT2D eigenvalue weighted by Gasteiger charge is -2.14.